The van der Waals surface area contributed by atoms with Crippen molar-refractivity contribution in [2.45, 2.75) is 105 Å². The van der Waals surface area contributed by atoms with E-state index in [4.69, 9.17) is 14.2 Å². The van der Waals surface area contributed by atoms with Crippen molar-refractivity contribution in [1.82, 2.24) is 0 Å². The highest BCUT2D eigenvalue weighted by atomic mass is 16.5. The molecule has 4 aliphatic carbocycles. The molecule has 0 bridgehead atoms. The van der Waals surface area contributed by atoms with Gasteiger partial charge in [0, 0.05) is 25.7 Å². The van der Waals surface area contributed by atoms with E-state index in [0.717, 1.165) is 44.9 Å². The zero-order chi connectivity index (χ0) is 26.3. The highest BCUT2D eigenvalue weighted by molar-refractivity contribution is 5.69. The fourth-order valence-corrected chi connectivity index (χ4v) is 8.98. The lowest BCUT2D eigenvalue weighted by Crippen LogP contribution is -2.58. The molecule has 0 spiro atoms. The van der Waals surface area contributed by atoms with Crippen LogP contribution in [0, 0.1) is 46.3 Å². The zero-order valence-electron chi connectivity index (χ0n) is 23.1. The number of esters is 3. The zero-order valence-corrected chi connectivity index (χ0v) is 23.1. The molecule has 0 aromatic carbocycles. The normalized spacial score (nSPS) is 41.9. The van der Waals surface area contributed by atoms with E-state index in [-0.39, 0.29) is 40.9 Å². The Morgan fingerprint density at radius 1 is 0.972 bits per heavy atom. The molecule has 0 unspecified atom stereocenters. The molecule has 0 N–H and O–H groups in total. The number of carbonyl (C=O) groups excluding carboxylic acids is 3. The second kappa shape index (κ2) is 10.5. The smallest absolute Gasteiger partial charge is 0.305 e. The van der Waals surface area contributed by atoms with Crippen molar-refractivity contribution in [3.05, 3.63) is 12.2 Å². The standard InChI is InChI=1S/C30H46O6/c1-7-34-28(33)13-8-18(2)24-11-12-25-23-10-9-21-16-22(35-19(3)31)14-15-29(21,5)26(23)17-27(30(24,25)6)36-20(4)32/h9-10,18,21-27H,7-8,11-17H2,1-6H3/t18-,21+,22-,23+,24+,25+,26+,27-,29-,30+/m0/s1. The molecular formula is C30H46O6. The van der Waals surface area contributed by atoms with Gasteiger partial charge in [0.05, 0.1) is 6.61 Å². The monoisotopic (exact) mass is 502 g/mol. The fraction of sp³-hybridized carbons (Fsp3) is 0.833. The molecule has 3 saturated carbocycles. The summed E-state index contributed by atoms with van der Waals surface area (Å²) in [4.78, 5) is 35.9. The third kappa shape index (κ3) is 4.86. The van der Waals surface area contributed by atoms with Crippen LogP contribution in [0.2, 0.25) is 0 Å². The predicted octanol–water partition coefficient (Wildman–Crippen LogP) is 5.87. The lowest BCUT2D eigenvalue weighted by Gasteiger charge is -2.61. The predicted molar refractivity (Wildman–Crippen MR) is 137 cm³/mol. The quantitative estimate of drug-likeness (QED) is 0.246. The molecule has 10 atom stereocenters. The Balaban J connectivity index is 1.59. The first-order chi connectivity index (χ1) is 17.0. The van der Waals surface area contributed by atoms with Gasteiger partial charge in [0.2, 0.25) is 0 Å². The maximum Gasteiger partial charge on any atom is 0.305 e. The van der Waals surface area contributed by atoms with Gasteiger partial charge in [-0.25, -0.2) is 0 Å². The molecular weight excluding hydrogens is 456 g/mol. The second-order valence-corrected chi connectivity index (χ2v) is 12.5. The molecule has 0 aromatic heterocycles. The summed E-state index contributed by atoms with van der Waals surface area (Å²) in [6, 6.07) is 0. The van der Waals surface area contributed by atoms with Crippen molar-refractivity contribution in [2.24, 2.45) is 46.3 Å². The Labute approximate surface area is 216 Å². The maximum atomic E-state index is 12.3. The van der Waals surface area contributed by atoms with Crippen LogP contribution in [0.25, 0.3) is 0 Å². The number of hydrogen-bond donors (Lipinski definition) is 0. The van der Waals surface area contributed by atoms with Crippen LogP contribution < -0.4 is 0 Å². The van der Waals surface area contributed by atoms with Crippen molar-refractivity contribution in [3.63, 3.8) is 0 Å². The molecule has 4 rings (SSSR count). The van der Waals surface area contributed by atoms with Gasteiger partial charge in [-0.1, -0.05) is 32.9 Å². The third-order valence-electron chi connectivity index (χ3n) is 10.7. The maximum absolute atomic E-state index is 12.3. The number of rotatable bonds is 7. The van der Waals surface area contributed by atoms with Crippen molar-refractivity contribution in [2.75, 3.05) is 6.61 Å². The Hall–Kier alpha value is -1.85. The van der Waals surface area contributed by atoms with Gasteiger partial charge in [-0.15, -0.1) is 0 Å². The van der Waals surface area contributed by atoms with E-state index in [2.05, 4.69) is 32.9 Å². The molecule has 0 radical (unpaired) electrons. The SMILES string of the molecule is CCOC(=O)CC[C@H](C)[C@H]1CC[C@@H]2[C@H]3C=C[C@@H]4C[C@@H](OC(C)=O)CC[C@]4(C)[C@@H]3C[C@H](OC(C)=O)[C@@]21C. The summed E-state index contributed by atoms with van der Waals surface area (Å²) < 4.78 is 17.0. The minimum atomic E-state index is -0.199. The first-order valence-corrected chi connectivity index (χ1v) is 14.2. The van der Waals surface area contributed by atoms with Crippen molar-refractivity contribution >= 4 is 17.9 Å². The average molecular weight is 503 g/mol. The van der Waals surface area contributed by atoms with Crippen LogP contribution in [-0.2, 0) is 28.6 Å². The number of carbonyl (C=O) groups is 3. The minimum Gasteiger partial charge on any atom is -0.466 e. The number of allylic oxidation sites excluding steroid dienone is 2. The molecule has 6 heteroatoms. The summed E-state index contributed by atoms with van der Waals surface area (Å²) in [5.74, 6) is 1.99. The van der Waals surface area contributed by atoms with Crippen molar-refractivity contribution < 1.29 is 28.6 Å². The lowest BCUT2D eigenvalue weighted by atomic mass is 9.45. The summed E-state index contributed by atoms with van der Waals surface area (Å²) in [5.41, 5.74) is 0.00675. The third-order valence-corrected chi connectivity index (χ3v) is 10.7. The Kier molecular flexibility index (Phi) is 7.92. The topological polar surface area (TPSA) is 78.9 Å². The van der Waals surface area contributed by atoms with E-state index < -0.39 is 0 Å². The van der Waals surface area contributed by atoms with E-state index in [9.17, 15) is 14.4 Å². The molecule has 3 fully saturated rings. The van der Waals surface area contributed by atoms with Crippen LogP contribution >= 0.6 is 0 Å². The number of ether oxygens (including phenoxy) is 3. The van der Waals surface area contributed by atoms with Gasteiger partial charge in [0.15, 0.2) is 0 Å². The van der Waals surface area contributed by atoms with Gasteiger partial charge in [0.1, 0.15) is 12.2 Å². The molecule has 0 saturated heterocycles. The molecule has 6 nitrogen and oxygen atoms in total. The Morgan fingerprint density at radius 2 is 1.69 bits per heavy atom. The van der Waals surface area contributed by atoms with Crippen LogP contribution in [0.4, 0.5) is 0 Å². The van der Waals surface area contributed by atoms with Crippen LogP contribution in [0.1, 0.15) is 92.9 Å². The van der Waals surface area contributed by atoms with E-state index in [1.807, 2.05) is 6.92 Å². The van der Waals surface area contributed by atoms with Gasteiger partial charge in [-0.3, -0.25) is 14.4 Å². The Morgan fingerprint density at radius 3 is 2.36 bits per heavy atom. The number of hydrogen-bond acceptors (Lipinski definition) is 6. The highest BCUT2D eigenvalue weighted by Crippen LogP contribution is 2.67. The summed E-state index contributed by atoms with van der Waals surface area (Å²) in [6.07, 6.45) is 11.9. The molecule has 0 heterocycles. The van der Waals surface area contributed by atoms with E-state index in [1.165, 1.54) is 13.8 Å². The molecule has 0 aromatic rings. The van der Waals surface area contributed by atoms with Gasteiger partial charge < -0.3 is 14.2 Å². The minimum absolute atomic E-state index is 0.00370. The molecule has 202 valence electrons. The molecule has 0 amide bonds. The fourth-order valence-electron chi connectivity index (χ4n) is 8.98. The van der Waals surface area contributed by atoms with Crippen LogP contribution in [0.5, 0.6) is 0 Å². The van der Waals surface area contributed by atoms with Gasteiger partial charge >= 0.3 is 17.9 Å². The van der Waals surface area contributed by atoms with Crippen molar-refractivity contribution in [3.8, 4) is 0 Å². The van der Waals surface area contributed by atoms with Crippen LogP contribution in [-0.4, -0.2) is 36.7 Å². The first kappa shape index (κ1) is 27.2. The van der Waals surface area contributed by atoms with Crippen LogP contribution in [0.3, 0.4) is 0 Å². The summed E-state index contributed by atoms with van der Waals surface area (Å²) in [6.45, 7) is 12.3. The number of fused-ring (bicyclic) bond motifs is 5. The summed E-state index contributed by atoms with van der Waals surface area (Å²) in [5, 5.41) is 0. The highest BCUT2D eigenvalue weighted by Gasteiger charge is 2.64. The second-order valence-electron chi connectivity index (χ2n) is 12.5. The first-order valence-electron chi connectivity index (χ1n) is 14.2. The summed E-state index contributed by atoms with van der Waals surface area (Å²) in [7, 11) is 0. The molecule has 4 aliphatic rings. The van der Waals surface area contributed by atoms with Gasteiger partial charge in [0.25, 0.3) is 0 Å². The molecule has 36 heavy (non-hydrogen) atoms. The van der Waals surface area contributed by atoms with Crippen LogP contribution in [0.15, 0.2) is 12.2 Å². The van der Waals surface area contributed by atoms with Crippen molar-refractivity contribution in [1.29, 1.82) is 0 Å². The average Bonchev–Trinajstić information content (AvgIpc) is 3.16. The van der Waals surface area contributed by atoms with E-state index in [1.54, 1.807) is 0 Å². The van der Waals surface area contributed by atoms with Gasteiger partial charge in [-0.2, -0.15) is 0 Å². The van der Waals surface area contributed by atoms with E-state index >= 15 is 0 Å². The molecule has 0 aliphatic heterocycles. The van der Waals surface area contributed by atoms with Gasteiger partial charge in [-0.05, 0) is 92.8 Å². The lowest BCUT2D eigenvalue weighted by molar-refractivity contribution is -0.183. The Bertz CT molecular complexity index is 881. The summed E-state index contributed by atoms with van der Waals surface area (Å²) >= 11 is 0. The van der Waals surface area contributed by atoms with E-state index in [0.29, 0.717) is 48.5 Å². The largest absolute Gasteiger partial charge is 0.466 e.